The highest BCUT2D eigenvalue weighted by molar-refractivity contribution is 6.13. The van der Waals surface area contributed by atoms with Gasteiger partial charge in [0, 0.05) is 12.0 Å². The van der Waals surface area contributed by atoms with E-state index in [1.807, 2.05) is 18.2 Å². The number of hydrogen-bond acceptors (Lipinski definition) is 2. The minimum atomic E-state index is 0.635. The van der Waals surface area contributed by atoms with Gasteiger partial charge < -0.3 is 5.21 Å². The lowest BCUT2D eigenvalue weighted by Gasteiger charge is -2.10. The maximum atomic E-state index is 9.54. The van der Waals surface area contributed by atoms with Crippen LogP contribution in [0.5, 0.6) is 0 Å². The largest absolute Gasteiger partial charge is 0.411 e. The summed E-state index contributed by atoms with van der Waals surface area (Å²) in [6.45, 7) is 0. The Bertz CT molecular complexity index is 855. The second kappa shape index (κ2) is 5.30. The van der Waals surface area contributed by atoms with E-state index in [-0.39, 0.29) is 0 Å². The van der Waals surface area contributed by atoms with Crippen molar-refractivity contribution in [2.45, 2.75) is 19.3 Å². The third-order valence-electron chi connectivity index (χ3n) is 4.52. The average Bonchev–Trinajstić information content (AvgIpc) is 3.00. The van der Waals surface area contributed by atoms with Crippen LogP contribution in [0.2, 0.25) is 0 Å². The van der Waals surface area contributed by atoms with E-state index in [0.717, 1.165) is 29.7 Å². The second-order valence-corrected chi connectivity index (χ2v) is 5.82. The molecule has 1 aliphatic carbocycles. The van der Waals surface area contributed by atoms with Crippen LogP contribution in [0.1, 0.15) is 22.3 Å². The molecule has 1 N–H and O–H groups in total. The van der Waals surface area contributed by atoms with Crippen molar-refractivity contribution >= 4 is 16.5 Å². The Morgan fingerprint density at radius 1 is 0.864 bits per heavy atom. The van der Waals surface area contributed by atoms with Crippen molar-refractivity contribution in [1.29, 1.82) is 0 Å². The number of oxime groups is 1. The van der Waals surface area contributed by atoms with Gasteiger partial charge in [0.1, 0.15) is 0 Å². The standard InChI is InChI=1S/C20H17NO/c22-21-19(13-14-5-2-1-3-6-14)17-12-11-16-10-9-15-7-4-8-18(17)20(15)16/h1-8,11-12,22H,9-10,13H2. The molecule has 0 atom stereocenters. The van der Waals surface area contributed by atoms with Gasteiger partial charge in [0.15, 0.2) is 0 Å². The molecule has 0 aliphatic heterocycles. The summed E-state index contributed by atoms with van der Waals surface area (Å²) in [6.07, 6.45) is 2.86. The Kier molecular flexibility index (Phi) is 3.15. The van der Waals surface area contributed by atoms with Gasteiger partial charge in [-0.15, -0.1) is 0 Å². The molecular formula is C20H17NO. The zero-order valence-electron chi connectivity index (χ0n) is 12.3. The van der Waals surface area contributed by atoms with E-state index in [1.165, 1.54) is 21.9 Å². The predicted octanol–water partition coefficient (Wildman–Crippen LogP) is 4.36. The first kappa shape index (κ1) is 13.1. The Hall–Kier alpha value is -2.61. The van der Waals surface area contributed by atoms with Gasteiger partial charge in [-0.25, -0.2) is 0 Å². The highest BCUT2D eigenvalue weighted by atomic mass is 16.4. The van der Waals surface area contributed by atoms with Crippen molar-refractivity contribution in [3.05, 3.63) is 82.9 Å². The second-order valence-electron chi connectivity index (χ2n) is 5.82. The van der Waals surface area contributed by atoms with Crippen LogP contribution < -0.4 is 0 Å². The van der Waals surface area contributed by atoms with Gasteiger partial charge >= 0.3 is 0 Å². The topological polar surface area (TPSA) is 32.6 Å². The summed E-state index contributed by atoms with van der Waals surface area (Å²) in [5.74, 6) is 0. The van der Waals surface area contributed by atoms with Gasteiger partial charge in [0.25, 0.3) is 0 Å². The van der Waals surface area contributed by atoms with Crippen molar-refractivity contribution in [2.75, 3.05) is 0 Å². The molecule has 4 rings (SSSR count). The fraction of sp³-hybridized carbons (Fsp3) is 0.150. The molecule has 2 heteroatoms. The van der Waals surface area contributed by atoms with Crippen LogP contribution in [0.4, 0.5) is 0 Å². The quantitative estimate of drug-likeness (QED) is 0.433. The number of rotatable bonds is 3. The molecule has 0 spiro atoms. The van der Waals surface area contributed by atoms with Crippen molar-refractivity contribution in [1.82, 2.24) is 0 Å². The van der Waals surface area contributed by atoms with Gasteiger partial charge in [-0.3, -0.25) is 0 Å². The SMILES string of the molecule is ON=C(Cc1ccccc1)c1ccc2c3c(cccc13)CC2. The summed E-state index contributed by atoms with van der Waals surface area (Å²) in [7, 11) is 0. The molecule has 0 saturated heterocycles. The third-order valence-corrected chi connectivity index (χ3v) is 4.52. The predicted molar refractivity (Wildman–Crippen MR) is 89.8 cm³/mol. The van der Waals surface area contributed by atoms with Crippen molar-refractivity contribution in [3.8, 4) is 0 Å². The van der Waals surface area contributed by atoms with E-state index in [9.17, 15) is 5.21 Å². The third kappa shape index (κ3) is 2.08. The molecular weight excluding hydrogens is 270 g/mol. The molecule has 0 radical (unpaired) electrons. The van der Waals surface area contributed by atoms with Crippen LogP contribution >= 0.6 is 0 Å². The molecule has 0 heterocycles. The van der Waals surface area contributed by atoms with Gasteiger partial charge in [-0.2, -0.15) is 0 Å². The van der Waals surface area contributed by atoms with Gasteiger partial charge in [0.05, 0.1) is 5.71 Å². The molecule has 0 aromatic heterocycles. The molecule has 0 bridgehead atoms. The molecule has 2 nitrogen and oxygen atoms in total. The summed E-state index contributed by atoms with van der Waals surface area (Å²) in [5.41, 5.74) is 5.73. The lowest BCUT2D eigenvalue weighted by atomic mass is 9.94. The first-order valence-corrected chi connectivity index (χ1v) is 7.65. The van der Waals surface area contributed by atoms with Crippen molar-refractivity contribution in [3.63, 3.8) is 0 Å². The minimum absolute atomic E-state index is 0.635. The number of hydrogen-bond donors (Lipinski definition) is 1. The summed E-state index contributed by atoms with van der Waals surface area (Å²) in [4.78, 5) is 0. The molecule has 0 fully saturated rings. The fourth-order valence-corrected chi connectivity index (χ4v) is 3.47. The summed E-state index contributed by atoms with van der Waals surface area (Å²) >= 11 is 0. The number of benzene rings is 3. The Balaban J connectivity index is 1.84. The minimum Gasteiger partial charge on any atom is -0.411 e. The Labute approximate surface area is 129 Å². The first-order valence-electron chi connectivity index (χ1n) is 7.65. The van der Waals surface area contributed by atoms with Gasteiger partial charge in [-0.05, 0) is 40.3 Å². The highest BCUT2D eigenvalue weighted by Gasteiger charge is 2.18. The highest BCUT2D eigenvalue weighted by Crippen LogP contribution is 2.33. The fourth-order valence-electron chi connectivity index (χ4n) is 3.47. The van der Waals surface area contributed by atoms with Crippen LogP contribution in [-0.2, 0) is 19.3 Å². The maximum Gasteiger partial charge on any atom is 0.0917 e. The average molecular weight is 287 g/mol. The smallest absolute Gasteiger partial charge is 0.0917 e. The molecule has 108 valence electrons. The van der Waals surface area contributed by atoms with Crippen LogP contribution in [0.25, 0.3) is 10.8 Å². The van der Waals surface area contributed by atoms with Crippen molar-refractivity contribution in [2.24, 2.45) is 5.16 Å². The Morgan fingerprint density at radius 3 is 2.41 bits per heavy atom. The van der Waals surface area contributed by atoms with E-state index >= 15 is 0 Å². The van der Waals surface area contributed by atoms with Crippen molar-refractivity contribution < 1.29 is 5.21 Å². The summed E-state index contributed by atoms with van der Waals surface area (Å²) in [5, 5.41) is 15.7. The first-order chi connectivity index (χ1) is 10.9. The molecule has 3 aromatic rings. The Morgan fingerprint density at radius 2 is 1.64 bits per heavy atom. The van der Waals surface area contributed by atoms with Crippen LogP contribution in [0.15, 0.2) is 65.8 Å². The van der Waals surface area contributed by atoms with Gasteiger partial charge in [0.2, 0.25) is 0 Å². The number of aryl methyl sites for hydroxylation is 2. The molecule has 3 aromatic carbocycles. The van der Waals surface area contributed by atoms with E-state index in [4.69, 9.17) is 0 Å². The molecule has 0 unspecified atom stereocenters. The maximum absolute atomic E-state index is 9.54. The molecule has 22 heavy (non-hydrogen) atoms. The zero-order valence-corrected chi connectivity index (χ0v) is 12.3. The molecule has 0 amide bonds. The summed E-state index contributed by atoms with van der Waals surface area (Å²) < 4.78 is 0. The van der Waals surface area contributed by atoms with Crippen LogP contribution in [-0.4, -0.2) is 10.9 Å². The molecule has 1 aliphatic rings. The van der Waals surface area contributed by atoms with E-state index in [2.05, 4.69) is 47.6 Å². The van der Waals surface area contributed by atoms with Crippen LogP contribution in [0, 0.1) is 0 Å². The monoisotopic (exact) mass is 287 g/mol. The van der Waals surface area contributed by atoms with E-state index in [1.54, 1.807) is 0 Å². The van der Waals surface area contributed by atoms with E-state index < -0.39 is 0 Å². The zero-order chi connectivity index (χ0) is 14.9. The van der Waals surface area contributed by atoms with Gasteiger partial charge in [-0.1, -0.05) is 65.8 Å². The number of nitrogens with zero attached hydrogens (tertiary/aromatic N) is 1. The molecule has 0 saturated carbocycles. The summed E-state index contributed by atoms with van der Waals surface area (Å²) in [6, 6.07) is 20.9. The van der Waals surface area contributed by atoms with Crippen LogP contribution in [0.3, 0.4) is 0 Å². The lowest BCUT2D eigenvalue weighted by molar-refractivity contribution is 0.318. The van der Waals surface area contributed by atoms with E-state index in [0.29, 0.717) is 6.42 Å². The lowest BCUT2D eigenvalue weighted by Crippen LogP contribution is -2.06. The normalized spacial score (nSPS) is 13.7.